The molecule has 0 bridgehead atoms. The molecule has 3 heterocycles. The fraction of sp³-hybridized carbons (Fsp3) is 0.150. The lowest BCUT2D eigenvalue weighted by molar-refractivity contribution is -0.142. The second kappa shape index (κ2) is 6.84. The number of esters is 1. The van der Waals surface area contributed by atoms with Crippen LogP contribution in [-0.4, -0.2) is 32.1 Å². The van der Waals surface area contributed by atoms with E-state index in [1.54, 1.807) is 19.3 Å². The van der Waals surface area contributed by atoms with Crippen LogP contribution in [0, 0.1) is 0 Å². The summed E-state index contributed by atoms with van der Waals surface area (Å²) in [6, 6.07) is 13.9. The summed E-state index contributed by atoms with van der Waals surface area (Å²) in [5.74, 6) is 0.401. The van der Waals surface area contributed by atoms with E-state index in [4.69, 9.17) is 9.72 Å². The predicted octanol–water partition coefficient (Wildman–Crippen LogP) is 3.52. The van der Waals surface area contributed by atoms with Gasteiger partial charge in [-0.15, -0.1) is 0 Å². The Hall–Kier alpha value is -3.41. The maximum Gasteiger partial charge on any atom is 0.311 e. The molecule has 0 saturated heterocycles. The predicted molar refractivity (Wildman–Crippen MR) is 99.0 cm³/mol. The van der Waals surface area contributed by atoms with E-state index in [0.29, 0.717) is 12.4 Å². The van der Waals surface area contributed by atoms with Gasteiger partial charge in [-0.25, -0.2) is 4.98 Å². The van der Waals surface area contributed by atoms with Crippen molar-refractivity contribution in [2.24, 2.45) is 0 Å². The van der Waals surface area contributed by atoms with Gasteiger partial charge in [0.15, 0.2) is 5.82 Å². The number of nitrogens with one attached hydrogen (secondary N) is 1. The number of hydrogen-bond acceptors (Lipinski definition) is 4. The van der Waals surface area contributed by atoms with Gasteiger partial charge >= 0.3 is 5.97 Å². The van der Waals surface area contributed by atoms with E-state index in [-0.39, 0.29) is 12.4 Å². The van der Waals surface area contributed by atoms with Gasteiger partial charge in [0, 0.05) is 22.8 Å². The summed E-state index contributed by atoms with van der Waals surface area (Å²) in [5.41, 5.74) is 3.51. The molecule has 0 amide bonds. The van der Waals surface area contributed by atoms with E-state index in [0.717, 1.165) is 28.0 Å². The Morgan fingerprint density at radius 1 is 1.19 bits per heavy atom. The fourth-order valence-corrected chi connectivity index (χ4v) is 2.96. The van der Waals surface area contributed by atoms with Crippen LogP contribution < -0.4 is 0 Å². The molecule has 0 spiro atoms. The minimum atomic E-state index is -0.257. The number of aromatic amines is 1. The van der Waals surface area contributed by atoms with Crippen LogP contribution in [0.5, 0.6) is 0 Å². The zero-order chi connectivity index (χ0) is 17.9. The van der Waals surface area contributed by atoms with Crippen molar-refractivity contribution in [1.29, 1.82) is 0 Å². The van der Waals surface area contributed by atoms with Crippen molar-refractivity contribution in [2.45, 2.75) is 13.3 Å². The molecule has 3 aromatic heterocycles. The van der Waals surface area contributed by atoms with E-state index in [1.165, 1.54) is 0 Å². The number of para-hydroxylation sites is 1. The molecule has 4 rings (SSSR count). The van der Waals surface area contributed by atoms with Gasteiger partial charge in [0.2, 0.25) is 0 Å². The molecular weight excluding hydrogens is 328 g/mol. The zero-order valence-corrected chi connectivity index (χ0v) is 14.3. The van der Waals surface area contributed by atoms with Crippen LogP contribution in [0.3, 0.4) is 0 Å². The van der Waals surface area contributed by atoms with E-state index in [1.807, 2.05) is 41.1 Å². The van der Waals surface area contributed by atoms with Crippen LogP contribution in [0.1, 0.15) is 12.6 Å². The summed E-state index contributed by atoms with van der Waals surface area (Å²) in [6.07, 6.45) is 5.47. The van der Waals surface area contributed by atoms with Crippen molar-refractivity contribution in [3.8, 4) is 17.2 Å². The molecule has 26 heavy (non-hydrogen) atoms. The van der Waals surface area contributed by atoms with Gasteiger partial charge in [0.05, 0.1) is 31.1 Å². The molecule has 4 aromatic rings. The van der Waals surface area contributed by atoms with Crippen LogP contribution >= 0.6 is 0 Å². The van der Waals surface area contributed by atoms with Gasteiger partial charge in [0.1, 0.15) is 5.69 Å². The van der Waals surface area contributed by atoms with Gasteiger partial charge in [-0.3, -0.25) is 9.78 Å². The average molecular weight is 346 g/mol. The Labute approximate surface area is 150 Å². The monoisotopic (exact) mass is 346 g/mol. The Kier molecular flexibility index (Phi) is 4.23. The first-order valence-corrected chi connectivity index (χ1v) is 8.47. The number of rotatable bonds is 5. The van der Waals surface area contributed by atoms with Crippen LogP contribution in [0.2, 0.25) is 0 Å². The number of nitrogens with zero attached hydrogens (tertiary/aromatic N) is 3. The topological polar surface area (TPSA) is 72.8 Å². The molecule has 6 nitrogen and oxygen atoms in total. The van der Waals surface area contributed by atoms with Crippen molar-refractivity contribution in [3.05, 3.63) is 66.7 Å². The Morgan fingerprint density at radius 2 is 2.08 bits per heavy atom. The first-order valence-electron chi connectivity index (χ1n) is 8.47. The number of carbonyl (C=O) groups is 1. The maximum atomic E-state index is 11.8. The fourth-order valence-electron chi connectivity index (χ4n) is 2.96. The number of aromatic nitrogens is 4. The minimum absolute atomic E-state index is 0.194. The molecule has 0 unspecified atom stereocenters. The lowest BCUT2D eigenvalue weighted by Crippen LogP contribution is -2.11. The van der Waals surface area contributed by atoms with E-state index in [2.05, 4.69) is 22.1 Å². The molecule has 0 atom stereocenters. The molecule has 0 saturated carbocycles. The molecule has 0 aliphatic carbocycles. The Balaban J connectivity index is 1.68. The standard InChI is InChI=1S/C20H18N4O2/c1-2-26-20(25)11-15-7-5-9-24(15)19-13-21-12-18(23-19)17-10-14-6-3-4-8-16(14)22-17/h3-10,12-13,22H,2,11H2,1H3. The quantitative estimate of drug-likeness (QED) is 0.561. The molecule has 6 heteroatoms. The number of fused-ring (bicyclic) bond motifs is 1. The summed E-state index contributed by atoms with van der Waals surface area (Å²) >= 11 is 0. The number of H-pyrrole nitrogens is 1. The Bertz CT molecular complexity index is 1030. The van der Waals surface area contributed by atoms with E-state index < -0.39 is 0 Å². The summed E-state index contributed by atoms with van der Waals surface area (Å²) in [5, 5.41) is 1.12. The molecule has 1 N–H and O–H groups in total. The van der Waals surface area contributed by atoms with Gasteiger partial charge < -0.3 is 14.3 Å². The largest absolute Gasteiger partial charge is 0.466 e. The highest BCUT2D eigenvalue weighted by molar-refractivity contribution is 5.85. The molecular formula is C20H18N4O2. The SMILES string of the molecule is CCOC(=O)Cc1cccn1-c1cncc(-c2cc3ccccc3[nH]2)n1. The van der Waals surface area contributed by atoms with Crippen LogP contribution in [-0.2, 0) is 16.0 Å². The third kappa shape index (κ3) is 3.09. The van der Waals surface area contributed by atoms with Gasteiger partial charge in [0.25, 0.3) is 0 Å². The third-order valence-corrected chi connectivity index (χ3v) is 4.14. The van der Waals surface area contributed by atoms with Crippen LogP contribution in [0.25, 0.3) is 28.1 Å². The Morgan fingerprint density at radius 3 is 2.92 bits per heavy atom. The summed E-state index contributed by atoms with van der Waals surface area (Å²) in [6.45, 7) is 2.17. The lowest BCUT2D eigenvalue weighted by Gasteiger charge is -2.09. The zero-order valence-electron chi connectivity index (χ0n) is 14.3. The van der Waals surface area contributed by atoms with Crippen LogP contribution in [0.15, 0.2) is 61.1 Å². The highest BCUT2D eigenvalue weighted by Crippen LogP contribution is 2.23. The van der Waals surface area contributed by atoms with Crippen molar-refractivity contribution in [1.82, 2.24) is 19.5 Å². The molecule has 0 fully saturated rings. The first-order chi connectivity index (χ1) is 12.7. The van der Waals surface area contributed by atoms with Gasteiger partial charge in [-0.1, -0.05) is 18.2 Å². The summed E-state index contributed by atoms with van der Waals surface area (Å²) < 4.78 is 6.90. The normalized spacial score (nSPS) is 11.0. The molecule has 0 radical (unpaired) electrons. The number of hydrogen-bond donors (Lipinski definition) is 1. The minimum Gasteiger partial charge on any atom is -0.466 e. The van der Waals surface area contributed by atoms with Gasteiger partial charge in [-0.05, 0) is 31.2 Å². The van der Waals surface area contributed by atoms with E-state index >= 15 is 0 Å². The van der Waals surface area contributed by atoms with Crippen molar-refractivity contribution < 1.29 is 9.53 Å². The summed E-state index contributed by atoms with van der Waals surface area (Å²) in [7, 11) is 0. The number of benzene rings is 1. The molecule has 1 aromatic carbocycles. The molecule has 0 aliphatic heterocycles. The number of carbonyl (C=O) groups excluding carboxylic acids is 1. The highest BCUT2D eigenvalue weighted by Gasteiger charge is 2.12. The number of ether oxygens (including phenoxy) is 1. The van der Waals surface area contributed by atoms with Crippen molar-refractivity contribution >= 4 is 16.9 Å². The van der Waals surface area contributed by atoms with E-state index in [9.17, 15) is 4.79 Å². The van der Waals surface area contributed by atoms with Crippen molar-refractivity contribution in [3.63, 3.8) is 0 Å². The van der Waals surface area contributed by atoms with Crippen molar-refractivity contribution in [2.75, 3.05) is 6.61 Å². The molecule has 0 aliphatic rings. The maximum absolute atomic E-state index is 11.8. The first kappa shape index (κ1) is 16.1. The second-order valence-electron chi connectivity index (χ2n) is 5.88. The average Bonchev–Trinajstić information content (AvgIpc) is 3.28. The van der Waals surface area contributed by atoms with Crippen LogP contribution in [0.4, 0.5) is 0 Å². The summed E-state index contributed by atoms with van der Waals surface area (Å²) in [4.78, 5) is 24.2. The smallest absolute Gasteiger partial charge is 0.311 e. The third-order valence-electron chi connectivity index (χ3n) is 4.14. The second-order valence-corrected chi connectivity index (χ2v) is 5.88. The highest BCUT2D eigenvalue weighted by atomic mass is 16.5. The lowest BCUT2D eigenvalue weighted by atomic mass is 10.2. The van der Waals surface area contributed by atoms with Gasteiger partial charge in [-0.2, -0.15) is 0 Å². The molecule has 130 valence electrons.